The number of hydrogen-bond acceptors (Lipinski definition) is 5. The number of aryl methyl sites for hydroxylation is 1. The summed E-state index contributed by atoms with van der Waals surface area (Å²) in [6, 6.07) is 7.61. The molecule has 128 valence electrons. The fourth-order valence-electron chi connectivity index (χ4n) is 2.75. The quantitative estimate of drug-likeness (QED) is 0.838. The molecule has 0 unspecified atom stereocenters. The molecule has 2 aromatic rings. The van der Waals surface area contributed by atoms with Gasteiger partial charge in [-0.05, 0) is 24.6 Å². The van der Waals surface area contributed by atoms with Crippen LogP contribution in [0.25, 0.3) is 0 Å². The molecule has 24 heavy (non-hydrogen) atoms. The molecule has 1 aromatic heterocycles. The van der Waals surface area contributed by atoms with Crippen LogP contribution in [0.3, 0.4) is 0 Å². The number of ether oxygens (including phenoxy) is 2. The van der Waals surface area contributed by atoms with E-state index in [1.165, 1.54) is 0 Å². The molecule has 0 radical (unpaired) electrons. The molecule has 0 amide bonds. The summed E-state index contributed by atoms with van der Waals surface area (Å²) in [5.41, 5.74) is 2.17. The number of nitrogens with one attached hydrogen (secondary N) is 1. The molecule has 1 aliphatic rings. The van der Waals surface area contributed by atoms with Crippen molar-refractivity contribution >= 4 is 5.97 Å². The van der Waals surface area contributed by atoms with E-state index >= 15 is 0 Å². The number of benzene rings is 1. The number of aliphatic carboxylic acids is 1. The second-order valence-electron chi connectivity index (χ2n) is 5.84. The van der Waals surface area contributed by atoms with Crippen molar-refractivity contribution in [3.63, 3.8) is 0 Å². The van der Waals surface area contributed by atoms with Gasteiger partial charge in [0, 0.05) is 25.0 Å². The first-order valence-corrected chi connectivity index (χ1v) is 7.88. The molecule has 1 aliphatic heterocycles. The number of nitrogens with zero attached hydrogens (tertiary/aromatic N) is 2. The van der Waals surface area contributed by atoms with E-state index in [-0.39, 0.29) is 12.6 Å². The first kappa shape index (κ1) is 16.5. The Kier molecular flexibility index (Phi) is 5.12. The average molecular weight is 331 g/mol. The van der Waals surface area contributed by atoms with Gasteiger partial charge >= 0.3 is 5.97 Å². The SMILES string of the molecule is Cc1cnc([C@H]2COCCN2Cc2ccc(OCC(=O)O)cc2)[nH]1. The molecule has 7 heteroatoms. The van der Waals surface area contributed by atoms with Crippen LogP contribution in [-0.4, -0.2) is 52.3 Å². The minimum atomic E-state index is -0.982. The van der Waals surface area contributed by atoms with Crippen molar-refractivity contribution in [2.75, 3.05) is 26.4 Å². The van der Waals surface area contributed by atoms with Crippen molar-refractivity contribution in [1.82, 2.24) is 14.9 Å². The molecule has 1 atom stereocenters. The number of carboxylic acids is 1. The Morgan fingerprint density at radius 2 is 2.25 bits per heavy atom. The Balaban J connectivity index is 1.65. The maximum Gasteiger partial charge on any atom is 0.341 e. The zero-order valence-corrected chi connectivity index (χ0v) is 13.6. The van der Waals surface area contributed by atoms with Gasteiger partial charge in [0.25, 0.3) is 0 Å². The lowest BCUT2D eigenvalue weighted by Crippen LogP contribution is -2.39. The van der Waals surface area contributed by atoms with E-state index in [0.717, 1.165) is 30.2 Å². The first-order chi connectivity index (χ1) is 11.6. The van der Waals surface area contributed by atoms with E-state index in [0.29, 0.717) is 19.0 Å². The highest BCUT2D eigenvalue weighted by atomic mass is 16.5. The number of carboxylic acid groups (broad SMARTS) is 1. The summed E-state index contributed by atoms with van der Waals surface area (Å²) in [6.45, 7) is 4.58. The molecule has 2 heterocycles. The summed E-state index contributed by atoms with van der Waals surface area (Å²) in [5.74, 6) is 0.499. The minimum absolute atomic E-state index is 0.107. The van der Waals surface area contributed by atoms with E-state index in [1.807, 2.05) is 25.3 Å². The minimum Gasteiger partial charge on any atom is -0.482 e. The van der Waals surface area contributed by atoms with Crippen LogP contribution >= 0.6 is 0 Å². The summed E-state index contributed by atoms with van der Waals surface area (Å²) in [4.78, 5) is 20.6. The lowest BCUT2D eigenvalue weighted by Gasteiger charge is -2.34. The first-order valence-electron chi connectivity index (χ1n) is 7.88. The summed E-state index contributed by atoms with van der Waals surface area (Å²) in [6.07, 6.45) is 1.83. The monoisotopic (exact) mass is 331 g/mol. The smallest absolute Gasteiger partial charge is 0.341 e. The van der Waals surface area contributed by atoms with Gasteiger partial charge in [-0.25, -0.2) is 9.78 Å². The Hall–Kier alpha value is -2.38. The third kappa shape index (κ3) is 4.12. The third-order valence-corrected chi connectivity index (χ3v) is 3.95. The topological polar surface area (TPSA) is 87.7 Å². The van der Waals surface area contributed by atoms with Crippen molar-refractivity contribution in [1.29, 1.82) is 0 Å². The molecule has 0 bridgehead atoms. The maximum atomic E-state index is 10.5. The van der Waals surface area contributed by atoms with Crippen LogP contribution in [0.1, 0.15) is 23.1 Å². The highest BCUT2D eigenvalue weighted by molar-refractivity contribution is 5.68. The number of rotatable bonds is 6. The van der Waals surface area contributed by atoms with Gasteiger partial charge in [-0.2, -0.15) is 0 Å². The summed E-state index contributed by atoms with van der Waals surface area (Å²) in [5, 5.41) is 8.63. The zero-order chi connectivity index (χ0) is 16.9. The number of aromatic nitrogens is 2. The van der Waals surface area contributed by atoms with E-state index in [4.69, 9.17) is 14.6 Å². The van der Waals surface area contributed by atoms with Gasteiger partial charge in [0.05, 0.1) is 19.3 Å². The van der Waals surface area contributed by atoms with E-state index in [2.05, 4.69) is 14.9 Å². The molecule has 3 rings (SSSR count). The van der Waals surface area contributed by atoms with Crippen molar-refractivity contribution in [3.05, 3.63) is 47.5 Å². The highest BCUT2D eigenvalue weighted by Crippen LogP contribution is 2.24. The maximum absolute atomic E-state index is 10.5. The van der Waals surface area contributed by atoms with Crippen LogP contribution in [0, 0.1) is 6.92 Å². The van der Waals surface area contributed by atoms with Crippen LogP contribution in [0.5, 0.6) is 5.75 Å². The molecule has 0 spiro atoms. The molecular weight excluding hydrogens is 310 g/mol. The van der Waals surface area contributed by atoms with Crippen LogP contribution < -0.4 is 4.74 Å². The van der Waals surface area contributed by atoms with E-state index in [9.17, 15) is 4.79 Å². The number of imidazole rings is 1. The summed E-state index contributed by atoms with van der Waals surface area (Å²) in [7, 11) is 0. The van der Waals surface area contributed by atoms with Crippen LogP contribution in [-0.2, 0) is 16.1 Å². The lowest BCUT2D eigenvalue weighted by atomic mass is 10.1. The molecule has 1 aromatic carbocycles. The summed E-state index contributed by atoms with van der Waals surface area (Å²) >= 11 is 0. The van der Waals surface area contributed by atoms with Crippen LogP contribution in [0.4, 0.5) is 0 Å². The molecule has 7 nitrogen and oxygen atoms in total. The zero-order valence-electron chi connectivity index (χ0n) is 13.6. The Morgan fingerprint density at radius 1 is 1.46 bits per heavy atom. The summed E-state index contributed by atoms with van der Waals surface area (Å²) < 4.78 is 10.8. The highest BCUT2D eigenvalue weighted by Gasteiger charge is 2.26. The standard InChI is InChI=1S/C17H21N3O4/c1-12-8-18-17(19-12)15-10-23-7-6-20(15)9-13-2-4-14(5-3-13)24-11-16(21)22/h2-5,8,15H,6-7,9-11H2,1H3,(H,18,19)(H,21,22)/t15-/m1/s1. The number of morpholine rings is 1. The van der Waals surface area contributed by atoms with Gasteiger partial charge in [-0.15, -0.1) is 0 Å². The number of hydrogen-bond donors (Lipinski definition) is 2. The normalized spacial score (nSPS) is 18.5. The van der Waals surface area contributed by atoms with E-state index in [1.54, 1.807) is 12.1 Å². The average Bonchev–Trinajstić information content (AvgIpc) is 3.01. The second-order valence-corrected chi connectivity index (χ2v) is 5.84. The van der Waals surface area contributed by atoms with Crippen molar-refractivity contribution in [2.24, 2.45) is 0 Å². The fraction of sp³-hybridized carbons (Fsp3) is 0.412. The van der Waals surface area contributed by atoms with Crippen molar-refractivity contribution in [2.45, 2.75) is 19.5 Å². The number of aromatic amines is 1. The molecule has 0 saturated carbocycles. The lowest BCUT2D eigenvalue weighted by molar-refractivity contribution is -0.139. The van der Waals surface area contributed by atoms with Crippen LogP contribution in [0.2, 0.25) is 0 Å². The van der Waals surface area contributed by atoms with Gasteiger partial charge in [0.15, 0.2) is 6.61 Å². The van der Waals surface area contributed by atoms with Gasteiger partial charge in [-0.3, -0.25) is 4.90 Å². The van der Waals surface area contributed by atoms with Gasteiger partial charge in [-0.1, -0.05) is 12.1 Å². The predicted octanol–water partition coefficient (Wildman–Crippen LogP) is 1.76. The third-order valence-electron chi connectivity index (χ3n) is 3.95. The van der Waals surface area contributed by atoms with Crippen molar-refractivity contribution < 1.29 is 19.4 Å². The number of carbonyl (C=O) groups is 1. The van der Waals surface area contributed by atoms with Gasteiger partial charge in [0.2, 0.25) is 0 Å². The molecular formula is C17H21N3O4. The molecule has 2 N–H and O–H groups in total. The van der Waals surface area contributed by atoms with Crippen molar-refractivity contribution in [3.8, 4) is 5.75 Å². The van der Waals surface area contributed by atoms with Gasteiger partial charge < -0.3 is 19.6 Å². The Bertz CT molecular complexity index is 683. The molecule has 1 saturated heterocycles. The van der Waals surface area contributed by atoms with Gasteiger partial charge in [0.1, 0.15) is 11.6 Å². The van der Waals surface area contributed by atoms with Crippen LogP contribution in [0.15, 0.2) is 30.5 Å². The van der Waals surface area contributed by atoms with E-state index < -0.39 is 5.97 Å². The Labute approximate surface area is 140 Å². The predicted molar refractivity (Wildman–Crippen MR) is 86.9 cm³/mol. The largest absolute Gasteiger partial charge is 0.482 e. The number of H-pyrrole nitrogens is 1. The second kappa shape index (κ2) is 7.46. The fourth-order valence-corrected chi connectivity index (χ4v) is 2.75. The molecule has 0 aliphatic carbocycles. The Morgan fingerprint density at radius 3 is 2.92 bits per heavy atom. The molecule has 1 fully saturated rings.